The molecule has 2 heteroatoms. The molecule has 1 aromatic carbocycles. The van der Waals surface area contributed by atoms with Crippen LogP contribution in [-0.2, 0) is 14.1 Å². The van der Waals surface area contributed by atoms with Gasteiger partial charge in [0.05, 0.1) is 14.1 Å². The van der Waals surface area contributed by atoms with Gasteiger partial charge >= 0.3 is 0 Å². The summed E-state index contributed by atoms with van der Waals surface area (Å²) in [7, 11) is 4.25. The SMILES string of the molecule is Cc1ccc2c(c1C)[n+](C)c(C)n2C. The van der Waals surface area contributed by atoms with E-state index in [0.717, 1.165) is 0 Å². The van der Waals surface area contributed by atoms with Crippen LogP contribution >= 0.6 is 0 Å². The maximum absolute atomic E-state index is 2.26. The molecule has 2 aromatic rings. The molecule has 0 aliphatic heterocycles. The topological polar surface area (TPSA) is 8.81 Å². The van der Waals surface area contributed by atoms with E-state index in [2.05, 4.69) is 56.1 Å². The molecule has 0 bridgehead atoms. The molecule has 2 rings (SSSR count). The second-order valence-electron chi connectivity index (χ2n) is 4.04. The summed E-state index contributed by atoms with van der Waals surface area (Å²) in [5.74, 6) is 1.29. The van der Waals surface area contributed by atoms with Crippen molar-refractivity contribution in [2.45, 2.75) is 20.8 Å². The first-order chi connectivity index (χ1) is 6.54. The van der Waals surface area contributed by atoms with Crippen molar-refractivity contribution in [1.29, 1.82) is 0 Å². The van der Waals surface area contributed by atoms with Gasteiger partial charge in [-0.2, -0.15) is 0 Å². The summed E-state index contributed by atoms with van der Waals surface area (Å²) in [5.41, 5.74) is 5.41. The van der Waals surface area contributed by atoms with Crippen LogP contribution in [0.15, 0.2) is 12.1 Å². The van der Waals surface area contributed by atoms with Crippen LogP contribution in [-0.4, -0.2) is 4.57 Å². The Kier molecular flexibility index (Phi) is 1.88. The minimum absolute atomic E-state index is 1.29. The van der Waals surface area contributed by atoms with Crippen molar-refractivity contribution in [3.05, 3.63) is 29.1 Å². The summed E-state index contributed by atoms with van der Waals surface area (Å²) >= 11 is 0. The van der Waals surface area contributed by atoms with Gasteiger partial charge in [-0.05, 0) is 25.5 Å². The highest BCUT2D eigenvalue weighted by molar-refractivity contribution is 5.77. The van der Waals surface area contributed by atoms with E-state index < -0.39 is 0 Å². The maximum Gasteiger partial charge on any atom is 0.253 e. The average Bonchev–Trinajstić information content (AvgIpc) is 2.38. The minimum atomic E-state index is 1.29. The number of rotatable bonds is 0. The number of aryl methyl sites for hydroxylation is 4. The van der Waals surface area contributed by atoms with Gasteiger partial charge in [0.15, 0.2) is 11.0 Å². The monoisotopic (exact) mass is 189 g/mol. The summed E-state index contributed by atoms with van der Waals surface area (Å²) in [6.07, 6.45) is 0. The number of fused-ring (bicyclic) bond motifs is 1. The third-order valence-corrected chi connectivity index (χ3v) is 3.35. The molecule has 0 amide bonds. The third-order valence-electron chi connectivity index (χ3n) is 3.35. The van der Waals surface area contributed by atoms with Gasteiger partial charge in [0.2, 0.25) is 0 Å². The van der Waals surface area contributed by atoms with Crippen molar-refractivity contribution in [3.8, 4) is 0 Å². The zero-order valence-electron chi connectivity index (χ0n) is 9.55. The van der Waals surface area contributed by atoms with Gasteiger partial charge in [-0.15, -0.1) is 0 Å². The van der Waals surface area contributed by atoms with Crippen LogP contribution in [0.3, 0.4) is 0 Å². The molecular weight excluding hydrogens is 172 g/mol. The molecule has 0 N–H and O–H groups in total. The Morgan fingerprint density at radius 2 is 1.79 bits per heavy atom. The van der Waals surface area contributed by atoms with Crippen molar-refractivity contribution < 1.29 is 4.57 Å². The molecule has 1 heterocycles. The highest BCUT2D eigenvalue weighted by Crippen LogP contribution is 2.19. The Hall–Kier alpha value is -1.31. The van der Waals surface area contributed by atoms with E-state index in [1.54, 1.807) is 0 Å². The molecule has 14 heavy (non-hydrogen) atoms. The van der Waals surface area contributed by atoms with E-state index >= 15 is 0 Å². The highest BCUT2D eigenvalue weighted by Gasteiger charge is 2.18. The van der Waals surface area contributed by atoms with Crippen LogP contribution in [0.4, 0.5) is 0 Å². The number of hydrogen-bond donors (Lipinski definition) is 0. The fourth-order valence-corrected chi connectivity index (χ4v) is 2.04. The number of benzene rings is 1. The molecule has 0 unspecified atom stereocenters. The zero-order chi connectivity index (χ0) is 10.5. The largest absolute Gasteiger partial charge is 0.253 e. The Balaban J connectivity index is 3.03. The number of aromatic nitrogens is 2. The number of hydrogen-bond acceptors (Lipinski definition) is 0. The number of imidazole rings is 1. The molecule has 0 aliphatic rings. The zero-order valence-corrected chi connectivity index (χ0v) is 9.55. The van der Waals surface area contributed by atoms with E-state index in [1.165, 1.54) is 28.0 Å². The van der Waals surface area contributed by atoms with Crippen LogP contribution in [0.25, 0.3) is 11.0 Å². The average molecular weight is 189 g/mol. The molecular formula is C12H17N2+. The van der Waals surface area contributed by atoms with Crippen molar-refractivity contribution in [2.75, 3.05) is 0 Å². The Morgan fingerprint density at radius 1 is 1.14 bits per heavy atom. The molecule has 0 saturated carbocycles. The molecule has 0 spiro atoms. The van der Waals surface area contributed by atoms with E-state index in [4.69, 9.17) is 0 Å². The third kappa shape index (κ3) is 0.999. The Morgan fingerprint density at radius 3 is 2.43 bits per heavy atom. The van der Waals surface area contributed by atoms with E-state index in [0.29, 0.717) is 0 Å². The maximum atomic E-state index is 2.26. The lowest BCUT2D eigenvalue weighted by Gasteiger charge is -1.98. The molecule has 1 aromatic heterocycles. The van der Waals surface area contributed by atoms with Crippen LogP contribution in [0, 0.1) is 20.8 Å². The molecule has 2 nitrogen and oxygen atoms in total. The van der Waals surface area contributed by atoms with E-state index in [1.807, 2.05) is 0 Å². The van der Waals surface area contributed by atoms with E-state index in [-0.39, 0.29) is 0 Å². The summed E-state index contributed by atoms with van der Waals surface area (Å²) in [4.78, 5) is 0. The first-order valence-electron chi connectivity index (χ1n) is 4.95. The molecule has 0 saturated heterocycles. The first-order valence-corrected chi connectivity index (χ1v) is 4.95. The van der Waals surface area contributed by atoms with Gasteiger partial charge < -0.3 is 0 Å². The molecule has 0 fully saturated rings. The summed E-state index contributed by atoms with van der Waals surface area (Å²) in [6, 6.07) is 4.39. The van der Waals surface area contributed by atoms with Crippen molar-refractivity contribution >= 4 is 11.0 Å². The fraction of sp³-hybridized carbons (Fsp3) is 0.417. The van der Waals surface area contributed by atoms with Gasteiger partial charge in [-0.3, -0.25) is 0 Å². The van der Waals surface area contributed by atoms with Crippen molar-refractivity contribution in [2.24, 2.45) is 14.1 Å². The number of nitrogens with zero attached hydrogens (tertiary/aromatic N) is 2. The lowest BCUT2D eigenvalue weighted by Crippen LogP contribution is -2.31. The van der Waals surface area contributed by atoms with Crippen molar-refractivity contribution in [1.82, 2.24) is 4.57 Å². The predicted octanol–water partition coefficient (Wildman–Crippen LogP) is 1.93. The minimum Gasteiger partial charge on any atom is -0.230 e. The molecule has 0 atom stereocenters. The van der Waals surface area contributed by atoms with Gasteiger partial charge in [-0.25, -0.2) is 9.13 Å². The normalized spacial score (nSPS) is 11.2. The summed E-state index contributed by atoms with van der Waals surface area (Å²) in [5, 5.41) is 0. The predicted molar refractivity (Wildman–Crippen MR) is 58.3 cm³/mol. The first kappa shape index (κ1) is 9.25. The van der Waals surface area contributed by atoms with Gasteiger partial charge in [-0.1, -0.05) is 6.07 Å². The quantitative estimate of drug-likeness (QED) is 0.560. The highest BCUT2D eigenvalue weighted by atomic mass is 15.1. The lowest BCUT2D eigenvalue weighted by atomic mass is 10.1. The van der Waals surface area contributed by atoms with Gasteiger partial charge in [0.1, 0.15) is 0 Å². The van der Waals surface area contributed by atoms with Crippen LogP contribution < -0.4 is 4.57 Å². The van der Waals surface area contributed by atoms with Crippen LogP contribution in [0.1, 0.15) is 17.0 Å². The Labute approximate surface area is 84.8 Å². The summed E-state index contributed by atoms with van der Waals surface area (Å²) < 4.78 is 4.50. The molecule has 0 radical (unpaired) electrons. The second-order valence-corrected chi connectivity index (χ2v) is 4.04. The smallest absolute Gasteiger partial charge is 0.230 e. The van der Waals surface area contributed by atoms with Crippen molar-refractivity contribution in [3.63, 3.8) is 0 Å². The van der Waals surface area contributed by atoms with E-state index in [9.17, 15) is 0 Å². The fourth-order valence-electron chi connectivity index (χ4n) is 2.04. The summed E-state index contributed by atoms with van der Waals surface area (Å²) in [6.45, 7) is 6.50. The molecule has 0 aliphatic carbocycles. The second kappa shape index (κ2) is 2.84. The van der Waals surface area contributed by atoms with Crippen LogP contribution in [0.5, 0.6) is 0 Å². The van der Waals surface area contributed by atoms with Gasteiger partial charge in [0.25, 0.3) is 5.82 Å². The molecule has 74 valence electrons. The Bertz CT molecular complexity index is 507. The van der Waals surface area contributed by atoms with Crippen LogP contribution in [0.2, 0.25) is 0 Å². The standard InChI is InChI=1S/C12H17N2/c1-8-6-7-11-12(9(8)2)14(5)10(3)13(11)4/h6-7H,1-5H3/q+1. The lowest BCUT2D eigenvalue weighted by molar-refractivity contribution is -0.652. The van der Waals surface area contributed by atoms with Gasteiger partial charge in [0, 0.05) is 12.5 Å².